The van der Waals surface area contributed by atoms with Gasteiger partial charge in [-0.1, -0.05) is 61.0 Å². The Balaban J connectivity index is 2.01. The zero-order chi connectivity index (χ0) is 27.9. The molecule has 0 fully saturated rings. The van der Waals surface area contributed by atoms with E-state index in [1.54, 1.807) is 67.6 Å². The minimum atomic E-state index is -4.08. The van der Waals surface area contributed by atoms with Crippen molar-refractivity contribution in [2.24, 2.45) is 0 Å². The number of nitrogens with one attached hydrogen (secondary N) is 1. The normalized spacial score (nSPS) is 12.9. The van der Waals surface area contributed by atoms with Crippen molar-refractivity contribution in [3.8, 4) is 0 Å². The number of nitrogens with zero attached hydrogens (tertiary/aromatic N) is 2. The lowest BCUT2D eigenvalue weighted by Gasteiger charge is -2.32. The van der Waals surface area contributed by atoms with Crippen LogP contribution in [-0.2, 0) is 26.2 Å². The molecule has 1 N–H and O–H groups in total. The first-order valence-electron chi connectivity index (χ1n) is 12.5. The van der Waals surface area contributed by atoms with Crippen molar-refractivity contribution in [2.45, 2.75) is 57.6 Å². The fourth-order valence-corrected chi connectivity index (χ4v) is 5.42. The first-order valence-corrected chi connectivity index (χ1v) is 14.3. The number of hydrogen-bond donors (Lipinski definition) is 1. The van der Waals surface area contributed by atoms with E-state index in [1.165, 1.54) is 17.0 Å². The van der Waals surface area contributed by atoms with Gasteiger partial charge in [0.25, 0.3) is 10.0 Å². The minimum Gasteiger partial charge on any atom is -0.352 e. The molecule has 0 unspecified atom stereocenters. The van der Waals surface area contributed by atoms with Gasteiger partial charge < -0.3 is 10.2 Å². The number of anilines is 1. The van der Waals surface area contributed by atoms with E-state index in [-0.39, 0.29) is 23.4 Å². The van der Waals surface area contributed by atoms with Gasteiger partial charge >= 0.3 is 0 Å². The Morgan fingerprint density at radius 1 is 0.947 bits per heavy atom. The number of sulfonamides is 1. The number of carbonyl (C=O) groups is 2. The maximum absolute atomic E-state index is 13.9. The van der Waals surface area contributed by atoms with Gasteiger partial charge in [0, 0.05) is 17.6 Å². The van der Waals surface area contributed by atoms with Crippen molar-refractivity contribution in [1.29, 1.82) is 0 Å². The predicted octanol–water partition coefficient (Wildman–Crippen LogP) is 5.18. The van der Waals surface area contributed by atoms with Gasteiger partial charge in [0.15, 0.2) is 0 Å². The standard InChI is InChI=1S/C29H34ClN3O4S/c1-5-22(3)31-29(35)23(4)32(19-24-14-16-25(30)17-15-24)28(34)20-33(26-11-9-10-21(2)18-26)38(36,37)27-12-7-6-8-13-27/h6-18,22-23H,5,19-20H2,1-4H3,(H,31,35)/t22-,23-/m1/s1. The third-order valence-corrected chi connectivity index (χ3v) is 8.37. The van der Waals surface area contributed by atoms with Crippen LogP contribution in [0.25, 0.3) is 0 Å². The van der Waals surface area contributed by atoms with E-state index in [0.29, 0.717) is 10.7 Å². The van der Waals surface area contributed by atoms with Crippen LogP contribution in [0.4, 0.5) is 5.69 Å². The summed E-state index contributed by atoms with van der Waals surface area (Å²) in [6.45, 7) is 6.98. The number of aryl methyl sites for hydroxylation is 1. The lowest BCUT2D eigenvalue weighted by atomic mass is 10.1. The maximum Gasteiger partial charge on any atom is 0.264 e. The van der Waals surface area contributed by atoms with Gasteiger partial charge in [0.05, 0.1) is 10.6 Å². The van der Waals surface area contributed by atoms with Crippen molar-refractivity contribution >= 4 is 39.1 Å². The van der Waals surface area contributed by atoms with Crippen LogP contribution >= 0.6 is 11.6 Å². The molecule has 0 saturated carbocycles. The van der Waals surface area contributed by atoms with Crippen LogP contribution in [0.1, 0.15) is 38.3 Å². The molecule has 0 aromatic heterocycles. The topological polar surface area (TPSA) is 86.8 Å². The SMILES string of the molecule is CC[C@@H](C)NC(=O)[C@@H](C)N(Cc1ccc(Cl)cc1)C(=O)CN(c1cccc(C)c1)S(=O)(=O)c1ccccc1. The predicted molar refractivity (Wildman–Crippen MR) is 152 cm³/mol. The number of amides is 2. The molecule has 3 rings (SSSR count). The van der Waals surface area contributed by atoms with Crippen LogP contribution in [0.3, 0.4) is 0 Å². The second-order valence-electron chi connectivity index (χ2n) is 9.31. The molecule has 0 aliphatic heterocycles. The maximum atomic E-state index is 13.9. The molecule has 3 aromatic carbocycles. The van der Waals surface area contributed by atoms with E-state index in [4.69, 9.17) is 11.6 Å². The van der Waals surface area contributed by atoms with Crippen molar-refractivity contribution < 1.29 is 18.0 Å². The van der Waals surface area contributed by atoms with Crippen LogP contribution in [0.2, 0.25) is 5.02 Å². The zero-order valence-corrected chi connectivity index (χ0v) is 23.7. The van der Waals surface area contributed by atoms with Crippen molar-refractivity contribution in [3.63, 3.8) is 0 Å². The molecule has 3 aromatic rings. The fourth-order valence-electron chi connectivity index (χ4n) is 3.87. The van der Waals surface area contributed by atoms with Crippen LogP contribution < -0.4 is 9.62 Å². The van der Waals surface area contributed by atoms with Crippen molar-refractivity contribution in [1.82, 2.24) is 10.2 Å². The Hall–Kier alpha value is -3.36. The Labute approximate surface area is 230 Å². The number of rotatable bonds is 11. The molecule has 0 heterocycles. The molecule has 0 spiro atoms. The summed E-state index contributed by atoms with van der Waals surface area (Å²) >= 11 is 6.04. The van der Waals surface area contributed by atoms with Gasteiger partial charge in [-0.3, -0.25) is 13.9 Å². The Morgan fingerprint density at radius 3 is 2.21 bits per heavy atom. The molecular formula is C29H34ClN3O4S. The largest absolute Gasteiger partial charge is 0.352 e. The molecule has 0 aliphatic carbocycles. The number of benzene rings is 3. The molecule has 38 heavy (non-hydrogen) atoms. The molecule has 0 aliphatic rings. The lowest BCUT2D eigenvalue weighted by Crippen LogP contribution is -2.52. The lowest BCUT2D eigenvalue weighted by molar-refractivity contribution is -0.139. The highest BCUT2D eigenvalue weighted by Gasteiger charge is 2.32. The van der Waals surface area contributed by atoms with Gasteiger partial charge in [0.2, 0.25) is 11.8 Å². The highest BCUT2D eigenvalue weighted by atomic mass is 35.5. The van der Waals surface area contributed by atoms with Gasteiger partial charge in [-0.05, 0) is 74.7 Å². The van der Waals surface area contributed by atoms with Gasteiger partial charge in [-0.25, -0.2) is 8.42 Å². The average Bonchev–Trinajstić information content (AvgIpc) is 2.91. The average molecular weight is 556 g/mol. The summed E-state index contributed by atoms with van der Waals surface area (Å²) in [7, 11) is -4.08. The van der Waals surface area contributed by atoms with Crippen LogP contribution in [-0.4, -0.2) is 43.8 Å². The monoisotopic (exact) mass is 555 g/mol. The third kappa shape index (κ3) is 7.36. The first kappa shape index (κ1) is 29.2. The summed E-state index contributed by atoms with van der Waals surface area (Å²) < 4.78 is 28.6. The summed E-state index contributed by atoms with van der Waals surface area (Å²) in [5.74, 6) is -0.817. The van der Waals surface area contributed by atoms with Gasteiger partial charge in [0.1, 0.15) is 12.6 Å². The molecule has 7 nitrogen and oxygen atoms in total. The minimum absolute atomic E-state index is 0.0697. The molecule has 0 radical (unpaired) electrons. The second kappa shape index (κ2) is 12.9. The Bertz CT molecular complexity index is 1350. The first-order chi connectivity index (χ1) is 18.0. The summed E-state index contributed by atoms with van der Waals surface area (Å²) in [5, 5.41) is 3.47. The van der Waals surface area contributed by atoms with Crippen molar-refractivity contribution in [3.05, 3.63) is 95.0 Å². The van der Waals surface area contributed by atoms with E-state index < -0.39 is 28.5 Å². The van der Waals surface area contributed by atoms with Gasteiger partial charge in [-0.2, -0.15) is 0 Å². The summed E-state index contributed by atoms with van der Waals surface area (Å²) in [6, 6.07) is 21.0. The number of halogens is 1. The van der Waals surface area contributed by atoms with E-state index in [2.05, 4.69) is 5.32 Å². The van der Waals surface area contributed by atoms with Crippen LogP contribution in [0.5, 0.6) is 0 Å². The Morgan fingerprint density at radius 2 is 1.61 bits per heavy atom. The molecule has 0 saturated heterocycles. The summed E-state index contributed by atoms with van der Waals surface area (Å²) in [6.07, 6.45) is 0.736. The van der Waals surface area contributed by atoms with E-state index in [1.807, 2.05) is 26.8 Å². The summed E-state index contributed by atoms with van der Waals surface area (Å²) in [5.41, 5.74) is 1.98. The molecule has 202 valence electrons. The molecule has 9 heteroatoms. The summed E-state index contributed by atoms with van der Waals surface area (Å²) in [4.78, 5) is 28.4. The third-order valence-electron chi connectivity index (χ3n) is 6.33. The molecule has 0 bridgehead atoms. The fraction of sp³-hybridized carbons (Fsp3) is 0.310. The second-order valence-corrected chi connectivity index (χ2v) is 11.6. The Kier molecular flexibility index (Phi) is 9.94. The van der Waals surface area contributed by atoms with Crippen LogP contribution in [0.15, 0.2) is 83.8 Å². The zero-order valence-electron chi connectivity index (χ0n) is 22.1. The number of hydrogen-bond acceptors (Lipinski definition) is 4. The van der Waals surface area contributed by atoms with Crippen LogP contribution in [0, 0.1) is 6.92 Å². The smallest absolute Gasteiger partial charge is 0.264 e. The van der Waals surface area contributed by atoms with E-state index >= 15 is 0 Å². The highest BCUT2D eigenvalue weighted by molar-refractivity contribution is 7.92. The number of carbonyl (C=O) groups excluding carboxylic acids is 2. The quantitative estimate of drug-likeness (QED) is 0.353. The molecular weight excluding hydrogens is 522 g/mol. The molecule has 2 atom stereocenters. The van der Waals surface area contributed by atoms with Gasteiger partial charge in [-0.15, -0.1) is 0 Å². The van der Waals surface area contributed by atoms with Crippen molar-refractivity contribution in [2.75, 3.05) is 10.8 Å². The van der Waals surface area contributed by atoms with E-state index in [9.17, 15) is 18.0 Å². The highest BCUT2D eigenvalue weighted by Crippen LogP contribution is 2.25. The molecule has 2 amide bonds. The van der Waals surface area contributed by atoms with E-state index in [0.717, 1.165) is 21.9 Å².